The predicted octanol–water partition coefficient (Wildman–Crippen LogP) is 4.90. The van der Waals surface area contributed by atoms with E-state index in [0.29, 0.717) is 15.7 Å². The smallest absolute Gasteiger partial charge is 0.264 e. The molecule has 0 saturated carbocycles. The highest BCUT2D eigenvalue weighted by Crippen LogP contribution is 2.44. The molecule has 0 fully saturated rings. The van der Waals surface area contributed by atoms with Gasteiger partial charge in [-0.15, -0.1) is 0 Å². The minimum atomic E-state index is -1.99. The van der Waals surface area contributed by atoms with E-state index in [1.54, 1.807) is 18.2 Å². The fourth-order valence-corrected chi connectivity index (χ4v) is 4.06. The van der Waals surface area contributed by atoms with Gasteiger partial charge in [0.25, 0.3) is 5.91 Å². The zero-order chi connectivity index (χ0) is 21.5. The molecular weight excluding hydrogens is 449 g/mol. The molecule has 0 saturated heterocycles. The summed E-state index contributed by atoms with van der Waals surface area (Å²) in [5.41, 5.74) is 1.22. The fourth-order valence-electron chi connectivity index (χ4n) is 3.70. The molecule has 1 aliphatic heterocycles. The number of Topliss-reactive ketones (excluding diaryl/α,β-unsaturated/α-hetero) is 1. The Balaban J connectivity index is 1.70. The fraction of sp³-hybridized carbons (Fsp3) is 0.167. The number of nitrogens with zero attached hydrogens (tertiary/aromatic N) is 1. The molecule has 3 aromatic rings. The first-order chi connectivity index (χ1) is 14.3. The summed E-state index contributed by atoms with van der Waals surface area (Å²) in [6.45, 7) is 2.26. The van der Waals surface area contributed by atoms with Crippen molar-refractivity contribution in [2.24, 2.45) is 0 Å². The number of amides is 1. The van der Waals surface area contributed by atoms with Crippen LogP contribution < -0.4 is 4.90 Å². The number of aliphatic hydroxyl groups is 1. The van der Waals surface area contributed by atoms with Crippen LogP contribution >= 0.6 is 15.9 Å². The minimum absolute atomic E-state index is 0.242. The molecule has 1 N–H and O–H groups in total. The highest BCUT2D eigenvalue weighted by atomic mass is 79.9. The third kappa shape index (κ3) is 3.68. The molecule has 0 spiro atoms. The first-order valence-corrected chi connectivity index (χ1v) is 10.3. The van der Waals surface area contributed by atoms with Crippen LogP contribution in [-0.2, 0) is 16.9 Å². The second-order valence-corrected chi connectivity index (χ2v) is 8.42. The van der Waals surface area contributed by atoms with E-state index in [1.165, 1.54) is 29.2 Å². The molecule has 0 unspecified atom stereocenters. The van der Waals surface area contributed by atoms with Gasteiger partial charge in [0.05, 0.1) is 18.7 Å². The van der Waals surface area contributed by atoms with Gasteiger partial charge in [0.1, 0.15) is 5.82 Å². The number of halogens is 2. The Morgan fingerprint density at radius 1 is 1.07 bits per heavy atom. The molecule has 30 heavy (non-hydrogen) atoms. The van der Waals surface area contributed by atoms with Crippen molar-refractivity contribution in [3.8, 4) is 0 Å². The molecule has 0 radical (unpaired) electrons. The molecule has 0 bridgehead atoms. The van der Waals surface area contributed by atoms with Crippen molar-refractivity contribution in [3.05, 3.63) is 99.3 Å². The van der Waals surface area contributed by atoms with Gasteiger partial charge >= 0.3 is 0 Å². The third-order valence-corrected chi connectivity index (χ3v) is 5.83. The standard InChI is InChI=1S/C24H19BrFNO3/c1-15-2-4-16(5-3-15)14-27-21-11-8-18(25)12-20(21)24(30,23(27)29)13-22(28)17-6-9-19(26)10-7-17/h2-12,30H,13-14H2,1H3/t24-/m0/s1. The summed E-state index contributed by atoms with van der Waals surface area (Å²) >= 11 is 3.38. The number of hydrogen-bond donors (Lipinski definition) is 1. The lowest BCUT2D eigenvalue weighted by atomic mass is 9.88. The predicted molar refractivity (Wildman–Crippen MR) is 116 cm³/mol. The maximum absolute atomic E-state index is 13.3. The van der Waals surface area contributed by atoms with Crippen LogP contribution in [0, 0.1) is 12.7 Å². The van der Waals surface area contributed by atoms with Gasteiger partial charge in [0.15, 0.2) is 11.4 Å². The summed E-state index contributed by atoms with van der Waals surface area (Å²) in [6, 6.07) is 18.1. The van der Waals surface area contributed by atoms with E-state index < -0.39 is 29.5 Å². The quantitative estimate of drug-likeness (QED) is 0.542. The Bertz CT molecular complexity index is 1130. The Morgan fingerprint density at radius 2 is 1.73 bits per heavy atom. The SMILES string of the molecule is Cc1ccc(CN2C(=O)[C@](O)(CC(=O)c3ccc(F)cc3)c3cc(Br)ccc32)cc1. The molecule has 3 aromatic carbocycles. The highest BCUT2D eigenvalue weighted by Gasteiger charge is 2.51. The molecule has 1 heterocycles. The number of anilines is 1. The average Bonchev–Trinajstić information content (AvgIpc) is 2.91. The van der Waals surface area contributed by atoms with E-state index in [-0.39, 0.29) is 12.1 Å². The number of carbonyl (C=O) groups excluding carboxylic acids is 2. The third-order valence-electron chi connectivity index (χ3n) is 5.34. The van der Waals surface area contributed by atoms with Crippen LogP contribution in [0.25, 0.3) is 0 Å². The Labute approximate surface area is 182 Å². The van der Waals surface area contributed by atoms with Crippen LogP contribution in [0.5, 0.6) is 0 Å². The van der Waals surface area contributed by atoms with Gasteiger partial charge in [-0.25, -0.2) is 4.39 Å². The van der Waals surface area contributed by atoms with Crippen LogP contribution in [-0.4, -0.2) is 16.8 Å². The number of ketones is 1. The van der Waals surface area contributed by atoms with Crippen LogP contribution in [0.15, 0.2) is 71.2 Å². The molecular formula is C24H19BrFNO3. The van der Waals surface area contributed by atoms with Gasteiger partial charge < -0.3 is 10.0 Å². The first kappa shape index (κ1) is 20.4. The van der Waals surface area contributed by atoms with Crippen molar-refractivity contribution < 1.29 is 19.1 Å². The van der Waals surface area contributed by atoms with E-state index in [4.69, 9.17) is 0 Å². The second-order valence-electron chi connectivity index (χ2n) is 7.51. The zero-order valence-corrected chi connectivity index (χ0v) is 17.8. The lowest BCUT2D eigenvalue weighted by Gasteiger charge is -2.23. The van der Waals surface area contributed by atoms with Crippen molar-refractivity contribution in [2.45, 2.75) is 25.5 Å². The van der Waals surface area contributed by atoms with Crippen molar-refractivity contribution in [2.75, 3.05) is 4.90 Å². The summed E-state index contributed by atoms with van der Waals surface area (Å²) in [5, 5.41) is 11.4. The summed E-state index contributed by atoms with van der Waals surface area (Å²) < 4.78 is 13.9. The molecule has 1 amide bonds. The van der Waals surface area contributed by atoms with Crippen LogP contribution in [0.2, 0.25) is 0 Å². The summed E-state index contributed by atoms with van der Waals surface area (Å²) in [7, 11) is 0. The summed E-state index contributed by atoms with van der Waals surface area (Å²) in [5.74, 6) is -1.44. The van der Waals surface area contributed by atoms with Gasteiger partial charge in [-0.05, 0) is 55.0 Å². The van der Waals surface area contributed by atoms with Crippen molar-refractivity contribution in [3.63, 3.8) is 0 Å². The van der Waals surface area contributed by atoms with E-state index in [1.807, 2.05) is 31.2 Å². The van der Waals surface area contributed by atoms with E-state index >= 15 is 0 Å². The molecule has 1 atom stereocenters. The van der Waals surface area contributed by atoms with Gasteiger partial charge in [0.2, 0.25) is 0 Å². The van der Waals surface area contributed by atoms with Gasteiger partial charge in [-0.2, -0.15) is 0 Å². The topological polar surface area (TPSA) is 57.6 Å². The maximum atomic E-state index is 13.3. The van der Waals surface area contributed by atoms with E-state index in [9.17, 15) is 19.1 Å². The minimum Gasteiger partial charge on any atom is -0.375 e. The van der Waals surface area contributed by atoms with Crippen LogP contribution in [0.3, 0.4) is 0 Å². The van der Waals surface area contributed by atoms with Gasteiger partial charge in [0, 0.05) is 15.6 Å². The largest absolute Gasteiger partial charge is 0.375 e. The van der Waals surface area contributed by atoms with Gasteiger partial charge in [-0.3, -0.25) is 9.59 Å². The molecule has 4 rings (SSSR count). The summed E-state index contributed by atoms with van der Waals surface area (Å²) in [4.78, 5) is 27.6. The lowest BCUT2D eigenvalue weighted by Crippen LogP contribution is -2.41. The Morgan fingerprint density at radius 3 is 2.40 bits per heavy atom. The Kier molecular flexibility index (Phi) is 5.30. The number of rotatable bonds is 5. The highest BCUT2D eigenvalue weighted by molar-refractivity contribution is 9.10. The van der Waals surface area contributed by atoms with E-state index in [0.717, 1.165) is 11.1 Å². The molecule has 0 aliphatic carbocycles. The number of hydrogen-bond acceptors (Lipinski definition) is 3. The van der Waals surface area contributed by atoms with Crippen molar-refractivity contribution in [1.29, 1.82) is 0 Å². The van der Waals surface area contributed by atoms with Crippen molar-refractivity contribution in [1.82, 2.24) is 0 Å². The summed E-state index contributed by atoms with van der Waals surface area (Å²) in [6.07, 6.45) is -0.425. The number of fused-ring (bicyclic) bond motifs is 1. The van der Waals surface area contributed by atoms with E-state index in [2.05, 4.69) is 15.9 Å². The number of carbonyl (C=O) groups is 2. The average molecular weight is 468 g/mol. The molecule has 4 nitrogen and oxygen atoms in total. The second kappa shape index (κ2) is 7.78. The normalized spacial score (nSPS) is 17.9. The Hall–Kier alpha value is -2.83. The molecule has 1 aliphatic rings. The molecule has 152 valence electrons. The maximum Gasteiger partial charge on any atom is 0.264 e. The van der Waals surface area contributed by atoms with Crippen molar-refractivity contribution >= 4 is 33.3 Å². The van der Waals surface area contributed by atoms with Crippen LogP contribution in [0.1, 0.15) is 33.5 Å². The van der Waals surface area contributed by atoms with Crippen LogP contribution in [0.4, 0.5) is 10.1 Å². The zero-order valence-electron chi connectivity index (χ0n) is 16.2. The van der Waals surface area contributed by atoms with Gasteiger partial charge in [-0.1, -0.05) is 45.8 Å². The number of aryl methyl sites for hydroxylation is 1. The lowest BCUT2D eigenvalue weighted by molar-refractivity contribution is -0.136. The monoisotopic (exact) mass is 467 g/mol. The molecule has 0 aromatic heterocycles. The molecule has 6 heteroatoms. The first-order valence-electron chi connectivity index (χ1n) is 9.46. The number of benzene rings is 3.